The van der Waals surface area contributed by atoms with Crippen molar-refractivity contribution < 1.29 is 0 Å². The predicted molar refractivity (Wildman–Crippen MR) is 73.5 cm³/mol. The minimum Gasteiger partial charge on any atom is -0.0905 e. The van der Waals surface area contributed by atoms with E-state index in [0.29, 0.717) is 0 Å². The van der Waals surface area contributed by atoms with Crippen LogP contribution in [0.1, 0.15) is 16.7 Å². The number of hydrogen-bond donors (Lipinski definition) is 0. The fourth-order valence-electron chi connectivity index (χ4n) is 1.76. The van der Waals surface area contributed by atoms with Gasteiger partial charge in [0.25, 0.3) is 0 Å². The Morgan fingerprint density at radius 3 is 2.12 bits per heavy atom. The van der Waals surface area contributed by atoms with Gasteiger partial charge in [0.05, 0.1) is 0 Å². The van der Waals surface area contributed by atoms with E-state index >= 15 is 0 Å². The second-order valence-electron chi connectivity index (χ2n) is 3.77. The molecule has 0 amide bonds. The lowest BCUT2D eigenvalue weighted by atomic mass is 9.96. The molecule has 0 unspecified atom stereocenters. The highest BCUT2D eigenvalue weighted by Gasteiger charge is 2.07. The maximum absolute atomic E-state index is 4.19. The van der Waals surface area contributed by atoms with E-state index in [9.17, 15) is 0 Å². The molecular formula is C15H13Br. The zero-order valence-corrected chi connectivity index (χ0v) is 10.8. The Morgan fingerprint density at radius 1 is 0.938 bits per heavy atom. The van der Waals surface area contributed by atoms with Gasteiger partial charge in [0.15, 0.2) is 0 Å². The maximum atomic E-state index is 4.19. The first-order valence-corrected chi connectivity index (χ1v) is 5.99. The van der Waals surface area contributed by atoms with Crippen molar-refractivity contribution in [3.63, 3.8) is 0 Å². The van der Waals surface area contributed by atoms with Crippen LogP contribution in [0.5, 0.6) is 0 Å². The lowest BCUT2D eigenvalue weighted by Gasteiger charge is -2.10. The summed E-state index contributed by atoms with van der Waals surface area (Å²) in [4.78, 5) is 0. The Balaban J connectivity index is 2.48. The number of hydrogen-bond acceptors (Lipinski definition) is 0. The third-order valence-corrected chi connectivity index (χ3v) is 3.36. The Labute approximate surface area is 105 Å². The molecule has 0 atom stereocenters. The smallest absolute Gasteiger partial charge is 0.0253 e. The predicted octanol–water partition coefficient (Wildman–Crippen LogP) is 4.82. The summed E-state index contributed by atoms with van der Waals surface area (Å²) in [5.41, 5.74) is 4.67. The molecule has 0 aliphatic carbocycles. The monoisotopic (exact) mass is 272 g/mol. The molecule has 0 spiro atoms. The first-order valence-electron chi connectivity index (χ1n) is 5.20. The molecule has 0 aromatic heterocycles. The van der Waals surface area contributed by atoms with Gasteiger partial charge in [0.2, 0.25) is 0 Å². The van der Waals surface area contributed by atoms with E-state index in [1.807, 2.05) is 30.3 Å². The Bertz CT molecular complexity index is 479. The molecule has 1 heteroatoms. The summed E-state index contributed by atoms with van der Waals surface area (Å²) in [6, 6.07) is 16.5. The van der Waals surface area contributed by atoms with Crippen LogP contribution in [-0.4, -0.2) is 0 Å². The fourth-order valence-corrected chi connectivity index (χ4v) is 2.29. The molecule has 0 saturated carbocycles. The van der Waals surface area contributed by atoms with Gasteiger partial charge < -0.3 is 0 Å². The molecule has 2 rings (SSSR count). The molecule has 0 N–H and O–H groups in total. The molecule has 0 fully saturated rings. The quantitative estimate of drug-likeness (QED) is 0.736. The zero-order chi connectivity index (χ0) is 11.5. The highest BCUT2D eigenvalue weighted by Crippen LogP contribution is 2.29. The molecular weight excluding hydrogens is 260 g/mol. The molecule has 0 radical (unpaired) electrons. The van der Waals surface area contributed by atoms with Crippen LogP contribution in [0.25, 0.3) is 5.57 Å². The zero-order valence-electron chi connectivity index (χ0n) is 9.20. The van der Waals surface area contributed by atoms with Crippen LogP contribution in [0.3, 0.4) is 0 Å². The van der Waals surface area contributed by atoms with E-state index in [-0.39, 0.29) is 0 Å². The Kier molecular flexibility index (Phi) is 3.25. The molecule has 0 bridgehead atoms. The summed E-state index contributed by atoms with van der Waals surface area (Å²) in [5.74, 6) is 0. The molecule has 0 aliphatic heterocycles. The number of benzene rings is 2. The Morgan fingerprint density at radius 2 is 1.50 bits per heavy atom. The standard InChI is InChI=1S/C15H13Br/c1-11-7-3-4-8-13(11)12(2)14-9-5-6-10-15(14)16/h3-10H,2H2,1H3. The average Bonchev–Trinajstić information content (AvgIpc) is 2.29. The van der Waals surface area contributed by atoms with Gasteiger partial charge >= 0.3 is 0 Å². The van der Waals surface area contributed by atoms with E-state index in [2.05, 4.69) is 47.6 Å². The molecule has 2 aromatic rings. The highest BCUT2D eigenvalue weighted by molar-refractivity contribution is 9.10. The number of rotatable bonds is 2. The molecule has 16 heavy (non-hydrogen) atoms. The second kappa shape index (κ2) is 4.67. The normalized spacial score (nSPS) is 10.1. The number of aryl methyl sites for hydroxylation is 1. The molecule has 0 heterocycles. The fraction of sp³-hybridized carbons (Fsp3) is 0.0667. The van der Waals surface area contributed by atoms with E-state index in [1.54, 1.807) is 0 Å². The van der Waals surface area contributed by atoms with Crippen molar-refractivity contribution in [1.82, 2.24) is 0 Å². The minimum atomic E-state index is 1.06. The van der Waals surface area contributed by atoms with Crippen molar-refractivity contribution in [3.05, 3.63) is 76.3 Å². The SMILES string of the molecule is C=C(c1ccccc1C)c1ccccc1Br. The third kappa shape index (κ3) is 2.10. The summed E-state index contributed by atoms with van der Waals surface area (Å²) in [6.07, 6.45) is 0. The molecule has 0 nitrogen and oxygen atoms in total. The largest absolute Gasteiger partial charge is 0.0905 e. The summed E-state index contributed by atoms with van der Waals surface area (Å²) in [6.45, 7) is 6.30. The van der Waals surface area contributed by atoms with E-state index in [0.717, 1.165) is 15.6 Å². The van der Waals surface area contributed by atoms with Crippen LogP contribution in [0.15, 0.2) is 59.6 Å². The van der Waals surface area contributed by atoms with Gasteiger partial charge in [-0.25, -0.2) is 0 Å². The van der Waals surface area contributed by atoms with Crippen molar-refractivity contribution in [2.45, 2.75) is 6.92 Å². The third-order valence-electron chi connectivity index (χ3n) is 2.67. The van der Waals surface area contributed by atoms with Gasteiger partial charge in [0.1, 0.15) is 0 Å². The van der Waals surface area contributed by atoms with Gasteiger partial charge in [-0.1, -0.05) is 65.0 Å². The topological polar surface area (TPSA) is 0 Å². The van der Waals surface area contributed by atoms with Crippen LogP contribution in [-0.2, 0) is 0 Å². The summed E-state index contributed by atoms with van der Waals surface area (Å²) < 4.78 is 1.09. The summed E-state index contributed by atoms with van der Waals surface area (Å²) in [7, 11) is 0. The van der Waals surface area contributed by atoms with Crippen LogP contribution in [0.4, 0.5) is 0 Å². The van der Waals surface area contributed by atoms with Crippen molar-refractivity contribution in [1.29, 1.82) is 0 Å². The van der Waals surface area contributed by atoms with Crippen LogP contribution in [0, 0.1) is 6.92 Å². The maximum Gasteiger partial charge on any atom is 0.0253 e. The van der Waals surface area contributed by atoms with Crippen molar-refractivity contribution in [3.8, 4) is 0 Å². The van der Waals surface area contributed by atoms with Gasteiger partial charge in [-0.15, -0.1) is 0 Å². The number of halogens is 1. The first kappa shape index (κ1) is 11.2. The van der Waals surface area contributed by atoms with Gasteiger partial charge in [-0.2, -0.15) is 0 Å². The van der Waals surface area contributed by atoms with E-state index < -0.39 is 0 Å². The van der Waals surface area contributed by atoms with Crippen LogP contribution < -0.4 is 0 Å². The molecule has 2 aromatic carbocycles. The lowest BCUT2D eigenvalue weighted by Crippen LogP contribution is -1.90. The second-order valence-corrected chi connectivity index (χ2v) is 4.63. The molecule has 80 valence electrons. The Hall–Kier alpha value is -1.34. The first-order chi connectivity index (χ1) is 7.70. The van der Waals surface area contributed by atoms with Gasteiger partial charge in [0, 0.05) is 4.47 Å². The van der Waals surface area contributed by atoms with Gasteiger partial charge in [-0.3, -0.25) is 0 Å². The highest BCUT2D eigenvalue weighted by atomic mass is 79.9. The molecule has 0 saturated heterocycles. The van der Waals surface area contributed by atoms with Crippen molar-refractivity contribution in [2.24, 2.45) is 0 Å². The van der Waals surface area contributed by atoms with E-state index in [1.165, 1.54) is 11.1 Å². The van der Waals surface area contributed by atoms with Crippen LogP contribution in [0.2, 0.25) is 0 Å². The summed E-state index contributed by atoms with van der Waals surface area (Å²) in [5, 5.41) is 0. The van der Waals surface area contributed by atoms with Gasteiger partial charge in [-0.05, 0) is 35.3 Å². The van der Waals surface area contributed by atoms with Crippen molar-refractivity contribution >= 4 is 21.5 Å². The minimum absolute atomic E-state index is 1.06. The van der Waals surface area contributed by atoms with Crippen LogP contribution >= 0.6 is 15.9 Å². The van der Waals surface area contributed by atoms with E-state index in [4.69, 9.17) is 0 Å². The average molecular weight is 273 g/mol. The summed E-state index contributed by atoms with van der Waals surface area (Å²) >= 11 is 3.56. The lowest BCUT2D eigenvalue weighted by molar-refractivity contribution is 1.41. The van der Waals surface area contributed by atoms with Crippen molar-refractivity contribution in [2.75, 3.05) is 0 Å². The molecule has 0 aliphatic rings.